The topological polar surface area (TPSA) is 271 Å². The van der Waals surface area contributed by atoms with E-state index in [2.05, 4.69) is 61.1 Å². The van der Waals surface area contributed by atoms with E-state index < -0.39 is 33.5 Å². The second-order valence-electron chi connectivity index (χ2n) is 17.6. The Balaban J connectivity index is 0.000000357. The van der Waals surface area contributed by atoms with Gasteiger partial charge < -0.3 is 55.8 Å². The second kappa shape index (κ2) is 32.5. The van der Waals surface area contributed by atoms with Crippen molar-refractivity contribution in [1.82, 2.24) is 49.6 Å². The molecule has 0 aliphatic carbocycles. The summed E-state index contributed by atoms with van der Waals surface area (Å²) in [4.78, 5) is 55.2. The predicted molar refractivity (Wildman–Crippen MR) is 314 cm³/mol. The van der Waals surface area contributed by atoms with E-state index in [0.29, 0.717) is 35.1 Å². The van der Waals surface area contributed by atoms with E-state index in [1.54, 1.807) is 70.9 Å². The molecule has 7 aromatic rings. The third-order valence-corrected chi connectivity index (χ3v) is 11.7. The molecule has 11 heterocycles. The standard InChI is InChI=1S/C15H12ClF2N5.C9H11ClN2O.C8H7F2N3O2.C8H9F2N3.C5H3BrN2O2.C3H5F2N.CH4O.3CH4/c1-9-4-11(21-14(16)20-9)12-5-19-13-3-2-10(6-23(12)13)22-7-15(17,18)8-22;1-3-13-5-4-8-6-7(2)11-9(10)12-8;9-8(10)4-12(5-8)6-1-2-7(11-3-6)13(14)15;9-8(10)4-13(5-8)6-1-2-7(11)12-3-6;6-4-1-2-5(7-3-4)8(9)10;4-3(5)1-6-2-3;1-2;;;/h2-6H,7-8H2,1H3;4-6H,3H2,1-2H3;1-3H,4-5H2;1-3H,4-5H2,(H2,11,12);1-3H;6H,1-2H2;2H,1H3;3*1H4/b;5-4+;;;;;;;;. The maximum absolute atomic E-state index is 13.1. The number of halogens is 11. The van der Waals surface area contributed by atoms with Crippen LogP contribution in [0.1, 0.15) is 46.3 Å². The van der Waals surface area contributed by atoms with Crippen LogP contribution in [0.25, 0.3) is 23.1 Å². The predicted octanol–water partition coefficient (Wildman–Crippen LogP) is 11.7. The summed E-state index contributed by atoms with van der Waals surface area (Å²) in [5.41, 5.74) is 11.7. The fourth-order valence-corrected chi connectivity index (χ4v) is 7.69. The third-order valence-electron chi connectivity index (χ3n) is 10.9. The van der Waals surface area contributed by atoms with Crippen molar-refractivity contribution in [1.29, 1.82) is 0 Å². The van der Waals surface area contributed by atoms with Gasteiger partial charge >= 0.3 is 11.6 Å². The maximum Gasteiger partial charge on any atom is 0.363 e. The molecule has 0 bridgehead atoms. The molecular formula is C52H63BrCl2F8N16O6. The minimum Gasteiger partial charge on any atom is -0.501 e. The molecular weight excluding hydrogens is 1250 g/mol. The highest BCUT2D eigenvalue weighted by Crippen LogP contribution is 2.34. The van der Waals surface area contributed by atoms with Crippen LogP contribution in [0.3, 0.4) is 0 Å². The second-order valence-corrected chi connectivity index (χ2v) is 19.2. The number of pyridine rings is 4. The van der Waals surface area contributed by atoms with Crippen molar-refractivity contribution in [2.75, 3.05) is 86.5 Å². The van der Waals surface area contributed by atoms with Gasteiger partial charge in [-0.2, -0.15) is 0 Å². The molecule has 85 heavy (non-hydrogen) atoms. The summed E-state index contributed by atoms with van der Waals surface area (Å²) in [7, 11) is 1.00. The Morgan fingerprint density at radius 3 is 1.52 bits per heavy atom. The largest absolute Gasteiger partial charge is 0.501 e. The fourth-order valence-electron chi connectivity index (χ4n) is 7.00. The molecule has 0 saturated carbocycles. The Morgan fingerprint density at radius 1 is 0.659 bits per heavy atom. The molecule has 0 spiro atoms. The summed E-state index contributed by atoms with van der Waals surface area (Å²) in [6, 6.07) is 16.1. The third kappa shape index (κ3) is 23.0. The summed E-state index contributed by atoms with van der Waals surface area (Å²) < 4.78 is 107. The van der Waals surface area contributed by atoms with E-state index in [0.717, 1.165) is 40.0 Å². The van der Waals surface area contributed by atoms with Gasteiger partial charge in [0.05, 0.1) is 116 Å². The highest BCUT2D eigenvalue weighted by atomic mass is 79.9. The monoisotopic (exact) mass is 1310 g/mol. The highest BCUT2D eigenvalue weighted by Gasteiger charge is 2.46. The Morgan fingerprint density at radius 2 is 1.12 bits per heavy atom. The molecule has 4 saturated heterocycles. The number of hydrogen-bond donors (Lipinski definition) is 3. The van der Waals surface area contributed by atoms with Crippen LogP contribution >= 0.6 is 39.1 Å². The van der Waals surface area contributed by atoms with Gasteiger partial charge in [0.25, 0.3) is 23.7 Å². The molecule has 0 unspecified atom stereocenters. The smallest absolute Gasteiger partial charge is 0.363 e. The quantitative estimate of drug-likeness (QED) is 0.0398. The molecule has 0 amide bonds. The lowest BCUT2D eigenvalue weighted by Crippen LogP contribution is -2.56. The zero-order valence-corrected chi connectivity index (χ0v) is 46.8. The number of nitrogens with one attached hydrogen (secondary N) is 1. The van der Waals surface area contributed by atoms with Crippen LogP contribution in [0.5, 0.6) is 0 Å². The zero-order valence-electron chi connectivity index (χ0n) is 43.7. The lowest BCUT2D eigenvalue weighted by atomic mass is 10.1. The van der Waals surface area contributed by atoms with E-state index in [9.17, 15) is 55.4 Å². The van der Waals surface area contributed by atoms with Crippen molar-refractivity contribution in [2.24, 2.45) is 0 Å². The van der Waals surface area contributed by atoms with Crippen LogP contribution in [0.15, 0.2) is 102 Å². The first kappa shape index (κ1) is 73.4. The molecule has 22 nitrogen and oxygen atoms in total. The molecule has 4 aliphatic heterocycles. The van der Waals surface area contributed by atoms with Crippen LogP contribution in [-0.4, -0.2) is 149 Å². The van der Waals surface area contributed by atoms with Crippen LogP contribution in [-0.2, 0) is 4.74 Å². The van der Waals surface area contributed by atoms with Crippen molar-refractivity contribution in [3.63, 3.8) is 0 Å². The van der Waals surface area contributed by atoms with E-state index in [1.807, 2.05) is 31.2 Å². The van der Waals surface area contributed by atoms with Crippen molar-refractivity contribution in [3.8, 4) is 11.4 Å². The van der Waals surface area contributed by atoms with Crippen molar-refractivity contribution < 1.29 is 54.8 Å². The van der Waals surface area contributed by atoms with Crippen molar-refractivity contribution in [3.05, 3.63) is 150 Å². The van der Waals surface area contributed by atoms with E-state index in [-0.39, 0.29) is 96.8 Å². The molecule has 4 aliphatic rings. The molecule has 7 aromatic heterocycles. The average molecular weight is 1310 g/mol. The molecule has 11 rings (SSSR count). The van der Waals surface area contributed by atoms with Gasteiger partial charge in [0.15, 0.2) is 12.4 Å². The molecule has 4 N–H and O–H groups in total. The number of nitrogen functional groups attached to an aromatic ring is 1. The SMILES string of the molecule is C.C.C.CCO/C=C/c1cc(C)nc(Cl)n1.CO.Cc1cc(-c2cnc3ccc(N4CC(F)(F)C4)cn23)nc(Cl)n1.FC1(F)CNC1.Nc1ccc(N2CC(F)(F)C2)cn1.O=[N+]([O-])c1ccc(Br)cn1.O=[N+]([O-])c1ccc(N2CC(F)(F)C2)cn1. The first-order chi connectivity index (χ1) is 38.6. The Labute approximate surface area is 502 Å². The zero-order chi connectivity index (χ0) is 60.6. The number of anilines is 4. The molecule has 0 aromatic carbocycles. The first-order valence-corrected chi connectivity index (χ1v) is 25.4. The summed E-state index contributed by atoms with van der Waals surface area (Å²) in [6.45, 7) is 4.31. The van der Waals surface area contributed by atoms with E-state index in [4.69, 9.17) is 38.8 Å². The number of rotatable bonds is 9. The number of imidazole rings is 1. The Hall–Kier alpha value is -7.74. The normalized spacial score (nSPS) is 15.6. The van der Waals surface area contributed by atoms with E-state index in [1.165, 1.54) is 41.7 Å². The fraction of sp³-hybridized carbons (Fsp3) is 0.385. The minimum atomic E-state index is -2.65. The van der Waals surface area contributed by atoms with Gasteiger partial charge in [-0.15, -0.1) is 0 Å². The lowest BCUT2D eigenvalue weighted by Gasteiger charge is -2.40. The van der Waals surface area contributed by atoms with Gasteiger partial charge in [-0.1, -0.05) is 22.3 Å². The van der Waals surface area contributed by atoms with Gasteiger partial charge in [-0.3, -0.25) is 4.40 Å². The number of nitro groups is 2. The van der Waals surface area contributed by atoms with Crippen LogP contribution in [0, 0.1) is 34.1 Å². The molecule has 33 heteroatoms. The summed E-state index contributed by atoms with van der Waals surface area (Å²) in [6.07, 6.45) is 10.9. The number of aryl methyl sites for hydroxylation is 2. The van der Waals surface area contributed by atoms with Gasteiger partial charge in [0, 0.05) is 36.8 Å². The average Bonchev–Trinajstić information content (AvgIpc) is 3.18. The molecule has 0 radical (unpaired) electrons. The number of nitrogens with zero attached hydrogens (tertiary/aromatic N) is 14. The van der Waals surface area contributed by atoms with Crippen LogP contribution in [0.4, 0.5) is 69.6 Å². The number of alkyl halides is 8. The van der Waals surface area contributed by atoms with Crippen LogP contribution < -0.4 is 25.8 Å². The first-order valence-electron chi connectivity index (χ1n) is 23.9. The number of ether oxygens (including phenoxy) is 1. The number of aliphatic hydroxyl groups excluding tert-OH is 1. The summed E-state index contributed by atoms with van der Waals surface area (Å²) in [5.74, 6) is -10.2. The highest BCUT2D eigenvalue weighted by molar-refractivity contribution is 9.10. The number of fused-ring (bicyclic) bond motifs is 1. The molecule has 4 fully saturated rings. The minimum absolute atomic E-state index is 0. The summed E-state index contributed by atoms with van der Waals surface area (Å²) >= 11 is 14.7. The number of aromatic nitrogens is 9. The van der Waals surface area contributed by atoms with Crippen molar-refractivity contribution >= 4 is 85.4 Å². The van der Waals surface area contributed by atoms with Gasteiger partial charge in [0.1, 0.15) is 11.5 Å². The Kier molecular flexibility index (Phi) is 28.1. The van der Waals surface area contributed by atoms with Gasteiger partial charge in [-0.05, 0) is 134 Å². The Bertz CT molecular complexity index is 3200. The van der Waals surface area contributed by atoms with Gasteiger partial charge in [0.2, 0.25) is 10.6 Å². The number of aliphatic hydroxyl groups is 1. The van der Waals surface area contributed by atoms with Crippen molar-refractivity contribution in [2.45, 2.75) is 66.7 Å². The number of nitrogens with two attached hydrogens (primary N) is 1. The maximum atomic E-state index is 13.1. The lowest BCUT2D eigenvalue weighted by molar-refractivity contribution is -0.389. The number of hydrogen-bond acceptors (Lipinski definition) is 19. The van der Waals surface area contributed by atoms with E-state index >= 15 is 0 Å². The molecule has 0 atom stereocenters. The van der Waals surface area contributed by atoms with Crippen LogP contribution in [0.2, 0.25) is 10.6 Å². The van der Waals surface area contributed by atoms with Gasteiger partial charge in [-0.25, -0.2) is 65.0 Å². The summed E-state index contributed by atoms with van der Waals surface area (Å²) in [5, 5.41) is 30.2. The molecule has 464 valence electrons.